The van der Waals surface area contributed by atoms with Crippen molar-refractivity contribution in [2.24, 2.45) is 0 Å². The van der Waals surface area contributed by atoms with Crippen molar-refractivity contribution in [2.45, 2.75) is 18.9 Å². The van der Waals surface area contributed by atoms with Gasteiger partial charge in [-0.15, -0.1) is 0 Å². The van der Waals surface area contributed by atoms with Gasteiger partial charge in [0.15, 0.2) is 0 Å². The van der Waals surface area contributed by atoms with E-state index in [-0.39, 0.29) is 5.69 Å². The number of nitrogen functional groups attached to an aromatic ring is 1. The highest BCUT2D eigenvalue weighted by Gasteiger charge is 2.23. The average Bonchev–Trinajstić information content (AvgIpc) is 2.94. The van der Waals surface area contributed by atoms with Gasteiger partial charge in [0, 0.05) is 6.04 Å². The molecule has 0 unspecified atom stereocenters. The number of benzene rings is 1. The topological polar surface area (TPSA) is 75.4 Å². The average molecular weight is 210 g/mol. The summed E-state index contributed by atoms with van der Waals surface area (Å²) in [6.45, 7) is 0. The first-order chi connectivity index (χ1) is 7.08. The predicted molar refractivity (Wildman–Crippen MR) is 54.4 cm³/mol. The molecule has 1 fully saturated rings. The van der Waals surface area contributed by atoms with E-state index in [0.717, 1.165) is 25.0 Å². The van der Waals surface area contributed by atoms with Crippen molar-refractivity contribution in [2.75, 3.05) is 11.1 Å². The molecule has 4 N–H and O–H groups in total. The lowest BCUT2D eigenvalue weighted by molar-refractivity contribution is 0.0692. The Hall–Kier alpha value is -1.78. The summed E-state index contributed by atoms with van der Waals surface area (Å²) in [5.74, 6) is -2.07. The molecule has 1 aliphatic rings. The van der Waals surface area contributed by atoms with Gasteiger partial charge in [-0.3, -0.25) is 0 Å². The molecule has 0 aliphatic heterocycles. The molecule has 1 aromatic carbocycles. The fraction of sp³-hybridized carbons (Fsp3) is 0.300. The fourth-order valence-corrected chi connectivity index (χ4v) is 1.33. The Labute approximate surface area is 85.9 Å². The zero-order valence-corrected chi connectivity index (χ0v) is 7.96. The number of carboxylic acids is 1. The van der Waals surface area contributed by atoms with E-state index in [9.17, 15) is 9.18 Å². The molecule has 0 heterocycles. The van der Waals surface area contributed by atoms with Gasteiger partial charge in [0.1, 0.15) is 5.82 Å². The lowest BCUT2D eigenvalue weighted by atomic mass is 10.1. The normalized spacial score (nSPS) is 15.0. The molecule has 4 nitrogen and oxygen atoms in total. The quantitative estimate of drug-likeness (QED) is 0.663. The number of nitrogens with two attached hydrogens (primary N) is 1. The molecule has 1 aromatic rings. The SMILES string of the molecule is Nc1cc(C(=O)O)c(F)cc1NC1CC1. The maximum absolute atomic E-state index is 13.3. The molecule has 0 radical (unpaired) electrons. The minimum atomic E-state index is -1.31. The van der Waals surface area contributed by atoms with Crippen molar-refractivity contribution < 1.29 is 14.3 Å². The number of hydrogen-bond acceptors (Lipinski definition) is 3. The van der Waals surface area contributed by atoms with Crippen LogP contribution < -0.4 is 11.1 Å². The Bertz CT molecular complexity index is 416. The van der Waals surface area contributed by atoms with E-state index in [2.05, 4.69) is 5.32 Å². The summed E-state index contributed by atoms with van der Waals surface area (Å²) in [5.41, 5.74) is 5.95. The second kappa shape index (κ2) is 3.42. The lowest BCUT2D eigenvalue weighted by Crippen LogP contribution is -2.08. The van der Waals surface area contributed by atoms with Crippen LogP contribution >= 0.6 is 0 Å². The fourth-order valence-electron chi connectivity index (χ4n) is 1.33. The predicted octanol–water partition coefficient (Wildman–Crippen LogP) is 1.68. The van der Waals surface area contributed by atoms with Gasteiger partial charge >= 0.3 is 5.97 Å². The summed E-state index contributed by atoms with van der Waals surface area (Å²) in [5, 5.41) is 11.7. The molecule has 0 aromatic heterocycles. The van der Waals surface area contributed by atoms with Crippen molar-refractivity contribution in [3.63, 3.8) is 0 Å². The van der Waals surface area contributed by atoms with Crippen LogP contribution in [-0.2, 0) is 0 Å². The third kappa shape index (κ3) is 2.01. The summed E-state index contributed by atoms with van der Waals surface area (Å²) in [7, 11) is 0. The third-order valence-corrected chi connectivity index (χ3v) is 2.31. The van der Waals surface area contributed by atoms with Crippen molar-refractivity contribution in [3.05, 3.63) is 23.5 Å². The number of halogens is 1. The molecule has 1 saturated carbocycles. The van der Waals surface area contributed by atoms with Crippen molar-refractivity contribution in [3.8, 4) is 0 Å². The number of carbonyl (C=O) groups is 1. The highest BCUT2D eigenvalue weighted by molar-refractivity contribution is 5.90. The van der Waals surface area contributed by atoms with E-state index in [0.29, 0.717) is 11.7 Å². The molecule has 0 amide bonds. The van der Waals surface area contributed by atoms with E-state index in [1.165, 1.54) is 0 Å². The monoisotopic (exact) mass is 210 g/mol. The molecular weight excluding hydrogens is 199 g/mol. The summed E-state index contributed by atoms with van der Waals surface area (Å²) in [4.78, 5) is 10.6. The van der Waals surface area contributed by atoms with Crippen LogP contribution in [0.4, 0.5) is 15.8 Å². The van der Waals surface area contributed by atoms with Crippen LogP contribution in [0.25, 0.3) is 0 Å². The van der Waals surface area contributed by atoms with E-state index < -0.39 is 17.3 Å². The molecule has 15 heavy (non-hydrogen) atoms. The molecule has 0 atom stereocenters. The summed E-state index contributed by atoms with van der Waals surface area (Å²) in [6.07, 6.45) is 2.09. The van der Waals surface area contributed by atoms with Crippen LogP contribution in [0.15, 0.2) is 12.1 Å². The Morgan fingerprint density at radius 1 is 1.53 bits per heavy atom. The number of carboxylic acid groups (broad SMARTS) is 1. The molecule has 0 bridgehead atoms. The van der Waals surface area contributed by atoms with E-state index in [4.69, 9.17) is 10.8 Å². The Kier molecular flexibility index (Phi) is 2.22. The third-order valence-electron chi connectivity index (χ3n) is 2.31. The van der Waals surface area contributed by atoms with Gasteiger partial charge in [-0.25, -0.2) is 9.18 Å². The first-order valence-electron chi connectivity index (χ1n) is 4.67. The Morgan fingerprint density at radius 2 is 2.20 bits per heavy atom. The standard InChI is InChI=1S/C10H11FN2O2/c11-7-4-9(13-5-1-2-5)8(12)3-6(7)10(14)15/h3-5,13H,1-2,12H2,(H,14,15). The van der Waals surface area contributed by atoms with Crippen LogP contribution in [0, 0.1) is 5.82 Å². The van der Waals surface area contributed by atoms with Crippen molar-refractivity contribution >= 4 is 17.3 Å². The number of anilines is 2. The Balaban J connectivity index is 2.32. The highest BCUT2D eigenvalue weighted by atomic mass is 19.1. The largest absolute Gasteiger partial charge is 0.478 e. The molecule has 80 valence electrons. The number of hydrogen-bond donors (Lipinski definition) is 3. The van der Waals surface area contributed by atoms with Gasteiger partial charge in [-0.2, -0.15) is 0 Å². The first kappa shape index (κ1) is 9.76. The smallest absolute Gasteiger partial charge is 0.338 e. The first-order valence-corrected chi connectivity index (χ1v) is 4.67. The second-order valence-electron chi connectivity index (χ2n) is 3.64. The maximum Gasteiger partial charge on any atom is 0.338 e. The summed E-state index contributed by atoms with van der Waals surface area (Å²) < 4.78 is 13.3. The van der Waals surface area contributed by atoms with Gasteiger partial charge in [0.05, 0.1) is 16.9 Å². The van der Waals surface area contributed by atoms with Crippen LogP contribution in [0.3, 0.4) is 0 Å². The minimum absolute atomic E-state index is 0.265. The lowest BCUT2D eigenvalue weighted by Gasteiger charge is -2.09. The van der Waals surface area contributed by atoms with Gasteiger partial charge in [0.25, 0.3) is 0 Å². The van der Waals surface area contributed by atoms with Crippen molar-refractivity contribution in [1.29, 1.82) is 0 Å². The second-order valence-corrected chi connectivity index (χ2v) is 3.64. The molecule has 0 saturated heterocycles. The van der Waals surface area contributed by atoms with Crippen LogP contribution in [0.2, 0.25) is 0 Å². The Morgan fingerprint density at radius 3 is 2.73 bits per heavy atom. The zero-order valence-electron chi connectivity index (χ0n) is 7.96. The van der Waals surface area contributed by atoms with Gasteiger partial charge in [0.2, 0.25) is 0 Å². The number of rotatable bonds is 3. The zero-order chi connectivity index (χ0) is 11.0. The van der Waals surface area contributed by atoms with E-state index >= 15 is 0 Å². The van der Waals surface area contributed by atoms with Crippen LogP contribution in [0.1, 0.15) is 23.2 Å². The maximum atomic E-state index is 13.3. The number of nitrogens with one attached hydrogen (secondary N) is 1. The molecule has 2 rings (SSSR count). The van der Waals surface area contributed by atoms with Gasteiger partial charge in [-0.1, -0.05) is 0 Å². The molecule has 1 aliphatic carbocycles. The van der Waals surface area contributed by atoms with Crippen LogP contribution in [-0.4, -0.2) is 17.1 Å². The van der Waals surface area contributed by atoms with Gasteiger partial charge < -0.3 is 16.2 Å². The summed E-state index contributed by atoms with van der Waals surface area (Å²) in [6, 6.07) is 2.63. The van der Waals surface area contributed by atoms with Crippen LogP contribution in [0.5, 0.6) is 0 Å². The van der Waals surface area contributed by atoms with E-state index in [1.54, 1.807) is 0 Å². The number of aromatic carboxylic acids is 1. The van der Waals surface area contributed by atoms with E-state index in [1.807, 2.05) is 0 Å². The minimum Gasteiger partial charge on any atom is -0.478 e. The van der Waals surface area contributed by atoms with Gasteiger partial charge in [-0.05, 0) is 25.0 Å². The molecule has 0 spiro atoms. The molecular formula is C10H11FN2O2. The highest BCUT2D eigenvalue weighted by Crippen LogP contribution is 2.29. The van der Waals surface area contributed by atoms with Crippen molar-refractivity contribution in [1.82, 2.24) is 0 Å². The molecule has 5 heteroatoms. The summed E-state index contributed by atoms with van der Waals surface area (Å²) >= 11 is 0.